The number of halogens is 2. The van der Waals surface area contributed by atoms with Gasteiger partial charge in [0.15, 0.2) is 11.8 Å². The second-order valence-electron chi connectivity index (χ2n) is 6.17. The lowest BCUT2D eigenvalue weighted by Gasteiger charge is -2.12. The predicted octanol–water partition coefficient (Wildman–Crippen LogP) is 3.79. The lowest BCUT2D eigenvalue weighted by Crippen LogP contribution is -2.36. The topological polar surface area (TPSA) is 78.0 Å². The van der Waals surface area contributed by atoms with Crippen molar-refractivity contribution in [2.75, 3.05) is 6.54 Å². The molecule has 2 aromatic carbocycles. The van der Waals surface area contributed by atoms with Gasteiger partial charge in [-0.2, -0.15) is 5.10 Å². The Balaban J connectivity index is 0.00000280. The van der Waals surface area contributed by atoms with Crippen LogP contribution in [0.3, 0.4) is 0 Å². The Morgan fingerprint density at radius 3 is 2.71 bits per heavy atom. The van der Waals surface area contributed by atoms with Crippen molar-refractivity contribution >= 4 is 29.9 Å². The van der Waals surface area contributed by atoms with Gasteiger partial charge in [0.1, 0.15) is 12.1 Å². The van der Waals surface area contributed by atoms with Crippen molar-refractivity contribution in [3.05, 3.63) is 71.3 Å². The number of benzene rings is 2. The second-order valence-corrected chi connectivity index (χ2v) is 6.17. The average Bonchev–Trinajstić information content (AvgIpc) is 3.22. The maximum Gasteiger partial charge on any atom is 0.191 e. The number of nitrogens with zero attached hydrogens (tertiary/aromatic N) is 3. The highest BCUT2D eigenvalue weighted by Gasteiger charge is 2.04. The summed E-state index contributed by atoms with van der Waals surface area (Å²) in [5.41, 5.74) is 3.54. The van der Waals surface area contributed by atoms with Gasteiger partial charge in [0, 0.05) is 18.7 Å². The minimum Gasteiger partial charge on any atom is -0.357 e. The summed E-state index contributed by atoms with van der Waals surface area (Å²) in [5, 5.41) is 13.2. The SMILES string of the molecule is CCNC(=NCc1cccc(-c2ncn[nH]2)c1)NCc1ccc(C)c(F)c1.I. The van der Waals surface area contributed by atoms with E-state index >= 15 is 0 Å². The summed E-state index contributed by atoms with van der Waals surface area (Å²) in [7, 11) is 0. The molecule has 3 aromatic rings. The minimum atomic E-state index is -0.194. The van der Waals surface area contributed by atoms with Gasteiger partial charge in [-0.25, -0.2) is 14.4 Å². The molecule has 0 saturated heterocycles. The Bertz CT molecular complexity index is 911. The molecule has 1 aromatic heterocycles. The maximum atomic E-state index is 13.7. The Morgan fingerprint density at radius 1 is 1.14 bits per heavy atom. The highest BCUT2D eigenvalue weighted by molar-refractivity contribution is 14.0. The highest BCUT2D eigenvalue weighted by Crippen LogP contribution is 2.16. The van der Waals surface area contributed by atoms with E-state index in [4.69, 9.17) is 0 Å². The average molecular weight is 494 g/mol. The number of guanidine groups is 1. The van der Waals surface area contributed by atoms with Crippen LogP contribution >= 0.6 is 24.0 Å². The molecule has 0 atom stereocenters. The highest BCUT2D eigenvalue weighted by atomic mass is 127. The third kappa shape index (κ3) is 6.01. The van der Waals surface area contributed by atoms with Crippen LogP contribution < -0.4 is 10.6 Å². The van der Waals surface area contributed by atoms with E-state index in [2.05, 4.69) is 30.8 Å². The summed E-state index contributed by atoms with van der Waals surface area (Å²) in [5.74, 6) is 1.22. The lowest BCUT2D eigenvalue weighted by molar-refractivity contribution is 0.615. The van der Waals surface area contributed by atoms with Gasteiger partial charge in [0.25, 0.3) is 0 Å². The molecule has 0 spiro atoms. The number of nitrogens with one attached hydrogen (secondary N) is 3. The van der Waals surface area contributed by atoms with Crippen LogP contribution in [0.4, 0.5) is 4.39 Å². The lowest BCUT2D eigenvalue weighted by atomic mass is 10.1. The van der Waals surface area contributed by atoms with Crippen LogP contribution in [0.5, 0.6) is 0 Å². The van der Waals surface area contributed by atoms with Gasteiger partial charge in [-0.05, 0) is 42.7 Å². The Hall–Kier alpha value is -2.49. The predicted molar refractivity (Wildman–Crippen MR) is 120 cm³/mol. The maximum absolute atomic E-state index is 13.7. The van der Waals surface area contributed by atoms with E-state index in [1.807, 2.05) is 37.3 Å². The van der Waals surface area contributed by atoms with Crippen LogP contribution in [0.1, 0.15) is 23.6 Å². The largest absolute Gasteiger partial charge is 0.357 e. The molecule has 0 fully saturated rings. The van der Waals surface area contributed by atoms with E-state index in [1.54, 1.807) is 19.1 Å². The zero-order chi connectivity index (χ0) is 19.1. The van der Waals surface area contributed by atoms with Crippen molar-refractivity contribution in [3.8, 4) is 11.4 Å². The van der Waals surface area contributed by atoms with Crippen LogP contribution in [0.15, 0.2) is 53.8 Å². The molecule has 0 aliphatic carbocycles. The summed E-state index contributed by atoms with van der Waals surface area (Å²) >= 11 is 0. The number of aliphatic imine (C=N–C) groups is 1. The molecule has 6 nitrogen and oxygen atoms in total. The Labute approximate surface area is 181 Å². The zero-order valence-electron chi connectivity index (χ0n) is 15.9. The quantitative estimate of drug-likeness (QED) is 0.277. The van der Waals surface area contributed by atoms with E-state index in [1.165, 1.54) is 6.33 Å². The summed E-state index contributed by atoms with van der Waals surface area (Å²) in [6, 6.07) is 13.2. The molecule has 0 saturated carbocycles. The fraction of sp³-hybridized carbons (Fsp3) is 0.250. The van der Waals surface area contributed by atoms with E-state index in [-0.39, 0.29) is 29.8 Å². The minimum absolute atomic E-state index is 0. The van der Waals surface area contributed by atoms with Crippen molar-refractivity contribution in [3.63, 3.8) is 0 Å². The van der Waals surface area contributed by atoms with Gasteiger partial charge in [-0.3, -0.25) is 5.10 Å². The summed E-state index contributed by atoms with van der Waals surface area (Å²) < 4.78 is 13.7. The fourth-order valence-electron chi connectivity index (χ4n) is 2.61. The molecular formula is C20H24FIN6. The van der Waals surface area contributed by atoms with Crippen LogP contribution in [0.25, 0.3) is 11.4 Å². The fourth-order valence-corrected chi connectivity index (χ4v) is 2.61. The van der Waals surface area contributed by atoms with E-state index in [9.17, 15) is 4.39 Å². The van der Waals surface area contributed by atoms with Crippen molar-refractivity contribution in [1.29, 1.82) is 0 Å². The Morgan fingerprint density at radius 2 is 2.00 bits per heavy atom. The first-order valence-corrected chi connectivity index (χ1v) is 8.87. The normalized spacial score (nSPS) is 11.0. The Kier molecular flexibility index (Phi) is 8.37. The number of rotatable bonds is 6. The van der Waals surface area contributed by atoms with E-state index < -0.39 is 0 Å². The number of H-pyrrole nitrogens is 1. The van der Waals surface area contributed by atoms with Crippen molar-refractivity contribution < 1.29 is 4.39 Å². The summed E-state index contributed by atoms with van der Waals surface area (Å²) in [6.07, 6.45) is 1.49. The smallest absolute Gasteiger partial charge is 0.191 e. The molecule has 0 unspecified atom stereocenters. The number of aromatic amines is 1. The molecule has 1 heterocycles. The van der Waals surface area contributed by atoms with Gasteiger partial charge in [-0.1, -0.05) is 30.3 Å². The number of hydrogen-bond acceptors (Lipinski definition) is 3. The molecule has 0 aliphatic rings. The molecular weight excluding hydrogens is 470 g/mol. The number of aromatic nitrogens is 3. The van der Waals surface area contributed by atoms with Crippen LogP contribution in [-0.4, -0.2) is 27.7 Å². The van der Waals surface area contributed by atoms with Crippen molar-refractivity contribution in [1.82, 2.24) is 25.8 Å². The second kappa shape index (κ2) is 10.7. The molecule has 0 bridgehead atoms. The molecule has 3 rings (SSSR count). The van der Waals surface area contributed by atoms with Crippen molar-refractivity contribution in [2.24, 2.45) is 4.99 Å². The molecule has 0 amide bonds. The molecule has 0 aliphatic heterocycles. The number of aryl methyl sites for hydroxylation is 1. The van der Waals surface area contributed by atoms with Crippen molar-refractivity contribution in [2.45, 2.75) is 26.9 Å². The first kappa shape index (κ1) is 21.8. The van der Waals surface area contributed by atoms with Crippen LogP contribution in [0.2, 0.25) is 0 Å². The van der Waals surface area contributed by atoms with E-state index in [0.29, 0.717) is 24.6 Å². The molecule has 8 heteroatoms. The molecule has 148 valence electrons. The third-order valence-corrected chi connectivity index (χ3v) is 4.08. The van der Waals surface area contributed by atoms with Crippen LogP contribution in [0, 0.1) is 12.7 Å². The third-order valence-electron chi connectivity index (χ3n) is 4.08. The summed E-state index contributed by atoms with van der Waals surface area (Å²) in [4.78, 5) is 8.79. The first-order chi connectivity index (χ1) is 13.2. The molecule has 28 heavy (non-hydrogen) atoms. The standard InChI is InChI=1S/C20H23FN6.HI/c1-3-22-20(24-12-16-8-7-14(2)18(21)10-16)23-11-15-5-4-6-17(9-15)19-25-13-26-27-19;/h4-10,13H,3,11-12H2,1-2H3,(H2,22,23,24)(H,25,26,27);1H. The van der Waals surface area contributed by atoms with E-state index in [0.717, 1.165) is 29.1 Å². The molecule has 3 N–H and O–H groups in total. The monoisotopic (exact) mass is 494 g/mol. The van der Waals surface area contributed by atoms with Gasteiger partial charge in [0.05, 0.1) is 6.54 Å². The van der Waals surface area contributed by atoms with Gasteiger partial charge >= 0.3 is 0 Å². The summed E-state index contributed by atoms with van der Waals surface area (Å²) in [6.45, 7) is 5.52. The van der Waals surface area contributed by atoms with Gasteiger partial charge in [0.2, 0.25) is 0 Å². The zero-order valence-corrected chi connectivity index (χ0v) is 18.2. The molecule has 0 radical (unpaired) electrons. The number of hydrogen-bond donors (Lipinski definition) is 3. The van der Waals surface area contributed by atoms with Gasteiger partial charge < -0.3 is 10.6 Å². The van der Waals surface area contributed by atoms with Crippen LogP contribution in [-0.2, 0) is 13.1 Å². The first-order valence-electron chi connectivity index (χ1n) is 8.87. The van der Waals surface area contributed by atoms with Gasteiger partial charge in [-0.15, -0.1) is 24.0 Å².